The Labute approximate surface area is 253 Å². The number of methoxy groups -OCH3 is 1. The van der Waals surface area contributed by atoms with Crippen LogP contribution >= 0.6 is 0 Å². The normalized spacial score (nSPS) is 22.8. The van der Waals surface area contributed by atoms with E-state index in [1.165, 1.54) is 16.9 Å². The predicted molar refractivity (Wildman–Crippen MR) is 146 cm³/mol. The first-order chi connectivity index (χ1) is 21.3. The Balaban J connectivity index is 1.41. The maximum Gasteiger partial charge on any atom is 0.408 e. The van der Waals surface area contributed by atoms with Crippen LogP contribution in [0.25, 0.3) is 5.78 Å². The fourth-order valence-electron chi connectivity index (χ4n) is 5.90. The number of hydrogen-bond donors (Lipinski definition) is 2. The highest BCUT2D eigenvalue weighted by Gasteiger charge is 2.57. The molecule has 5 rings (SSSR count). The summed E-state index contributed by atoms with van der Waals surface area (Å²) in [5.74, 6) is -7.26. The van der Waals surface area contributed by atoms with E-state index in [1.807, 2.05) is 6.07 Å². The van der Waals surface area contributed by atoms with Crippen molar-refractivity contribution >= 4 is 23.7 Å². The number of nitrogens with zero attached hydrogens (tertiary/aromatic N) is 4. The van der Waals surface area contributed by atoms with E-state index >= 15 is 0 Å². The maximum atomic E-state index is 14.0. The number of alkyl halides is 5. The van der Waals surface area contributed by atoms with Crippen LogP contribution < -0.4 is 10.6 Å². The zero-order valence-electron chi connectivity index (χ0n) is 24.2. The minimum atomic E-state index is -4.67. The highest BCUT2D eigenvalue weighted by Crippen LogP contribution is 2.43. The maximum absolute atomic E-state index is 14.0. The minimum absolute atomic E-state index is 0.00101. The van der Waals surface area contributed by atoms with Crippen molar-refractivity contribution in [3.8, 4) is 0 Å². The first-order valence-electron chi connectivity index (χ1n) is 14.3. The lowest BCUT2D eigenvalue weighted by Crippen LogP contribution is -2.57. The van der Waals surface area contributed by atoms with E-state index in [-0.39, 0.29) is 49.5 Å². The lowest BCUT2D eigenvalue weighted by Gasteiger charge is -2.38. The molecule has 16 heteroatoms. The van der Waals surface area contributed by atoms with Crippen molar-refractivity contribution in [2.75, 3.05) is 13.7 Å². The van der Waals surface area contributed by atoms with Crippen LogP contribution in [0.2, 0.25) is 0 Å². The number of carbonyl (C=O) groups is 3. The monoisotopic (exact) mass is 638 g/mol. The van der Waals surface area contributed by atoms with Gasteiger partial charge in [0, 0.05) is 25.8 Å². The Morgan fingerprint density at radius 2 is 1.89 bits per heavy atom. The van der Waals surface area contributed by atoms with Gasteiger partial charge >= 0.3 is 18.2 Å². The number of ether oxygens (including phenoxy) is 2. The average Bonchev–Trinajstić information content (AvgIpc) is 3.43. The topological polar surface area (TPSA) is 137 Å². The van der Waals surface area contributed by atoms with E-state index in [1.54, 1.807) is 24.3 Å². The molecule has 45 heavy (non-hydrogen) atoms. The molecule has 1 aromatic carbocycles. The van der Waals surface area contributed by atoms with Crippen molar-refractivity contribution < 1.29 is 45.8 Å². The molecular formula is C29H31F5N6O5. The van der Waals surface area contributed by atoms with Gasteiger partial charge in [-0.25, -0.2) is 28.1 Å². The van der Waals surface area contributed by atoms with Gasteiger partial charge in [0.05, 0.1) is 42.9 Å². The second-order valence-corrected chi connectivity index (χ2v) is 11.4. The summed E-state index contributed by atoms with van der Waals surface area (Å²) in [5, 5.41) is 9.24. The Morgan fingerprint density at radius 3 is 2.56 bits per heavy atom. The molecule has 3 aromatic rings. The van der Waals surface area contributed by atoms with Crippen LogP contribution in [0.1, 0.15) is 55.1 Å². The van der Waals surface area contributed by atoms with Gasteiger partial charge in [-0.3, -0.25) is 9.59 Å². The molecule has 242 valence electrons. The van der Waals surface area contributed by atoms with Crippen molar-refractivity contribution in [3.05, 3.63) is 59.7 Å². The third kappa shape index (κ3) is 7.14. The average molecular weight is 639 g/mol. The highest BCUT2D eigenvalue weighted by atomic mass is 19.4. The molecule has 3 heterocycles. The number of halogens is 5. The molecule has 2 amide bonds. The van der Waals surface area contributed by atoms with Gasteiger partial charge in [0.1, 0.15) is 6.61 Å². The van der Waals surface area contributed by atoms with Gasteiger partial charge in [0.25, 0.3) is 5.78 Å². The van der Waals surface area contributed by atoms with Gasteiger partial charge in [-0.05, 0) is 30.7 Å². The Bertz CT molecular complexity index is 1530. The summed E-state index contributed by atoms with van der Waals surface area (Å²) in [6.45, 7) is -0.698. The molecule has 1 aliphatic heterocycles. The van der Waals surface area contributed by atoms with Gasteiger partial charge in [-0.2, -0.15) is 18.3 Å². The summed E-state index contributed by atoms with van der Waals surface area (Å²) in [6.07, 6.45) is -4.82. The van der Waals surface area contributed by atoms with Crippen LogP contribution in [0, 0.1) is 17.3 Å². The Morgan fingerprint density at radius 1 is 1.18 bits per heavy atom. The molecule has 1 saturated heterocycles. The van der Waals surface area contributed by atoms with E-state index in [0.717, 1.165) is 12.7 Å². The summed E-state index contributed by atoms with van der Waals surface area (Å²) in [7, 11) is 0.977. The van der Waals surface area contributed by atoms with Crippen molar-refractivity contribution in [2.24, 2.45) is 17.3 Å². The number of esters is 1. The van der Waals surface area contributed by atoms with Gasteiger partial charge in [0.2, 0.25) is 11.8 Å². The molecule has 3 atom stereocenters. The number of nitrogens with one attached hydrogen (secondary N) is 2. The summed E-state index contributed by atoms with van der Waals surface area (Å²) in [6, 6.07) is 8.08. The van der Waals surface area contributed by atoms with Crippen molar-refractivity contribution in [1.82, 2.24) is 30.2 Å². The van der Waals surface area contributed by atoms with Crippen molar-refractivity contribution in [3.63, 3.8) is 0 Å². The van der Waals surface area contributed by atoms with Crippen LogP contribution in [0.3, 0.4) is 0 Å². The second-order valence-electron chi connectivity index (χ2n) is 11.4. The number of fused-ring (bicyclic) bond motifs is 1. The molecule has 2 aliphatic rings. The molecule has 0 spiro atoms. The summed E-state index contributed by atoms with van der Waals surface area (Å²) >= 11 is 0. The van der Waals surface area contributed by atoms with Gasteiger partial charge < -0.3 is 20.1 Å². The highest BCUT2D eigenvalue weighted by molar-refractivity contribution is 6.03. The fourth-order valence-corrected chi connectivity index (χ4v) is 5.90. The zero-order chi connectivity index (χ0) is 32.4. The lowest BCUT2D eigenvalue weighted by atomic mass is 9.72. The van der Waals surface area contributed by atoms with Crippen molar-refractivity contribution in [1.29, 1.82) is 0 Å². The lowest BCUT2D eigenvalue weighted by molar-refractivity contribution is -0.195. The fraction of sp³-hybridized carbons (Fsp3) is 0.517. The smallest absolute Gasteiger partial charge is 0.408 e. The number of aromatic nitrogens is 4. The number of benzene rings is 1. The first-order valence-corrected chi connectivity index (χ1v) is 14.3. The van der Waals surface area contributed by atoms with E-state index in [0.29, 0.717) is 0 Å². The number of rotatable bonds is 8. The third-order valence-electron chi connectivity index (χ3n) is 8.35. The van der Waals surface area contributed by atoms with E-state index < -0.39 is 72.7 Å². The van der Waals surface area contributed by atoms with Crippen LogP contribution in [-0.2, 0) is 32.1 Å². The number of alkyl carbamates (subject to hydrolysis) is 1. The molecule has 2 aromatic heterocycles. The SMILES string of the molecule is COC(=O)C1(Cc2cnc3nc([C@@H](NC(=O)OCc4ccccc4)C4CCC(F)(F)CC4)cn3n2)C[C@H](C(F)(F)F)CNC1=O. The number of amides is 2. The number of carbonyl (C=O) groups excluding carboxylic acids is 3. The molecule has 11 nitrogen and oxygen atoms in total. The molecule has 1 aliphatic carbocycles. The molecule has 1 saturated carbocycles. The van der Waals surface area contributed by atoms with Crippen LogP contribution in [0.4, 0.5) is 26.7 Å². The molecule has 0 bridgehead atoms. The Hall–Kier alpha value is -4.37. The van der Waals surface area contributed by atoms with Gasteiger partial charge in [-0.15, -0.1) is 0 Å². The van der Waals surface area contributed by atoms with Crippen molar-refractivity contribution in [2.45, 2.75) is 63.3 Å². The summed E-state index contributed by atoms with van der Waals surface area (Å²) < 4.78 is 80.0. The molecular weight excluding hydrogens is 607 g/mol. The van der Waals surface area contributed by atoms with Crippen LogP contribution in [-0.4, -0.2) is 63.3 Å². The predicted octanol–water partition coefficient (Wildman–Crippen LogP) is 4.32. The Kier molecular flexibility index (Phi) is 8.94. The third-order valence-corrected chi connectivity index (χ3v) is 8.35. The standard InChI is InChI=1S/C29H31F5N6O5/c1-44-24(42)27(11-19(29(32,33)34)13-35-23(27)41)12-20-14-36-25-37-21(15-40(25)39-20)22(18-7-9-28(30,31)10-8-18)38-26(43)45-16-17-5-3-2-4-6-17/h2-6,14-15,18-19,22H,7-13,16H2,1H3,(H,35,41)(H,38,43)/t19-,22-,27?/m0/s1. The van der Waals surface area contributed by atoms with Gasteiger partial charge in [-0.1, -0.05) is 30.3 Å². The number of hydrogen-bond acceptors (Lipinski definition) is 8. The van der Waals surface area contributed by atoms with E-state index in [4.69, 9.17) is 9.47 Å². The summed E-state index contributed by atoms with van der Waals surface area (Å²) in [4.78, 5) is 47.1. The first kappa shape index (κ1) is 32.0. The number of piperidine rings is 1. The van der Waals surface area contributed by atoms with Crippen LogP contribution in [0.15, 0.2) is 42.7 Å². The van der Waals surface area contributed by atoms with Gasteiger partial charge in [0.15, 0.2) is 5.41 Å². The van der Waals surface area contributed by atoms with E-state index in [9.17, 15) is 36.3 Å². The number of imidazole rings is 1. The summed E-state index contributed by atoms with van der Waals surface area (Å²) in [5.41, 5.74) is -1.22. The minimum Gasteiger partial charge on any atom is -0.468 e. The quantitative estimate of drug-likeness (QED) is 0.212. The largest absolute Gasteiger partial charge is 0.468 e. The molecule has 2 fully saturated rings. The van der Waals surface area contributed by atoms with Crippen LogP contribution in [0.5, 0.6) is 0 Å². The molecule has 1 unspecified atom stereocenters. The van der Waals surface area contributed by atoms with E-state index in [2.05, 4.69) is 25.7 Å². The molecule has 0 radical (unpaired) electrons. The molecule has 2 N–H and O–H groups in total. The second kappa shape index (κ2) is 12.6. The zero-order valence-corrected chi connectivity index (χ0v) is 24.2.